The smallest absolute Gasteiger partial charge is 0.410 e. The molecule has 4 atom stereocenters. The van der Waals surface area contributed by atoms with Gasteiger partial charge in [-0.1, -0.05) is 20.8 Å². The molecule has 2 amide bonds. The van der Waals surface area contributed by atoms with E-state index < -0.39 is 5.60 Å². The lowest BCUT2D eigenvalue weighted by atomic mass is 9.91. The molecular formula is C20H37N3O3. The van der Waals surface area contributed by atoms with E-state index in [4.69, 9.17) is 4.74 Å². The Kier molecular flexibility index (Phi) is 6.94. The van der Waals surface area contributed by atoms with Crippen LogP contribution in [0, 0.1) is 17.8 Å². The first-order valence-corrected chi connectivity index (χ1v) is 10.0. The van der Waals surface area contributed by atoms with E-state index in [2.05, 4.69) is 26.1 Å². The standard InChI is InChI=1S/C20H37N3O3/c1-14-9-15(2)12-23(11-14)18(24)10-21-17-7-8-22(13-16(17)3)19(25)26-20(4,5)6/h14-17,21H,7-13H2,1-6H3/t14-,15+,16-,17-/m0/s1. The summed E-state index contributed by atoms with van der Waals surface area (Å²) < 4.78 is 5.46. The van der Waals surface area contributed by atoms with Crippen LogP contribution in [0.5, 0.6) is 0 Å². The topological polar surface area (TPSA) is 61.9 Å². The third-order valence-electron chi connectivity index (χ3n) is 5.29. The lowest BCUT2D eigenvalue weighted by Gasteiger charge is -2.39. The SMILES string of the molecule is C[C@@H]1C[C@H](C)CN(C(=O)CN[C@H]2CCN(C(=O)OC(C)(C)C)C[C@@H]2C)C1. The second kappa shape index (κ2) is 8.59. The summed E-state index contributed by atoms with van der Waals surface area (Å²) in [4.78, 5) is 28.6. The Morgan fingerprint density at radius 3 is 2.19 bits per heavy atom. The van der Waals surface area contributed by atoms with Crippen molar-refractivity contribution in [1.29, 1.82) is 0 Å². The Morgan fingerprint density at radius 1 is 1.04 bits per heavy atom. The van der Waals surface area contributed by atoms with E-state index in [0.29, 0.717) is 37.4 Å². The fraction of sp³-hybridized carbons (Fsp3) is 0.900. The zero-order valence-corrected chi connectivity index (χ0v) is 17.4. The summed E-state index contributed by atoms with van der Waals surface area (Å²) in [5.41, 5.74) is -0.468. The maximum absolute atomic E-state index is 12.5. The van der Waals surface area contributed by atoms with Gasteiger partial charge >= 0.3 is 6.09 Å². The number of nitrogens with one attached hydrogen (secondary N) is 1. The molecule has 2 fully saturated rings. The van der Waals surface area contributed by atoms with Crippen molar-refractivity contribution in [3.8, 4) is 0 Å². The molecule has 6 heteroatoms. The maximum atomic E-state index is 12.5. The third-order valence-corrected chi connectivity index (χ3v) is 5.29. The lowest BCUT2D eigenvalue weighted by molar-refractivity contribution is -0.133. The third kappa shape index (κ3) is 6.15. The van der Waals surface area contributed by atoms with Crippen molar-refractivity contribution < 1.29 is 14.3 Å². The van der Waals surface area contributed by atoms with Gasteiger partial charge in [0.05, 0.1) is 6.54 Å². The minimum absolute atomic E-state index is 0.199. The molecule has 2 heterocycles. The van der Waals surface area contributed by atoms with Crippen LogP contribution in [0.4, 0.5) is 4.79 Å². The van der Waals surface area contributed by atoms with E-state index in [1.165, 1.54) is 6.42 Å². The number of carbonyl (C=O) groups is 2. The van der Waals surface area contributed by atoms with E-state index in [1.54, 1.807) is 4.90 Å². The average molecular weight is 368 g/mol. The molecule has 0 radical (unpaired) electrons. The largest absolute Gasteiger partial charge is 0.444 e. The van der Waals surface area contributed by atoms with Gasteiger partial charge in [-0.3, -0.25) is 4.79 Å². The Hall–Kier alpha value is -1.30. The van der Waals surface area contributed by atoms with Gasteiger partial charge < -0.3 is 19.9 Å². The minimum Gasteiger partial charge on any atom is -0.444 e. The molecule has 2 aliphatic heterocycles. The monoisotopic (exact) mass is 367 g/mol. The van der Waals surface area contributed by atoms with Crippen molar-refractivity contribution in [2.45, 2.75) is 66.0 Å². The van der Waals surface area contributed by atoms with Gasteiger partial charge in [0.25, 0.3) is 0 Å². The predicted molar refractivity (Wildman–Crippen MR) is 103 cm³/mol. The fourth-order valence-corrected chi connectivity index (χ4v) is 4.14. The molecule has 0 spiro atoms. The van der Waals surface area contributed by atoms with Crippen LogP contribution < -0.4 is 5.32 Å². The fourth-order valence-electron chi connectivity index (χ4n) is 4.14. The van der Waals surface area contributed by atoms with Crippen LogP contribution in [0.1, 0.15) is 54.4 Å². The van der Waals surface area contributed by atoms with Gasteiger partial charge in [0, 0.05) is 32.2 Å². The number of hydrogen-bond acceptors (Lipinski definition) is 4. The van der Waals surface area contributed by atoms with Gasteiger partial charge in [0.2, 0.25) is 5.91 Å². The number of carbonyl (C=O) groups excluding carboxylic acids is 2. The maximum Gasteiger partial charge on any atom is 0.410 e. The molecule has 6 nitrogen and oxygen atoms in total. The molecule has 26 heavy (non-hydrogen) atoms. The Bertz CT molecular complexity index is 493. The molecule has 2 aliphatic rings. The average Bonchev–Trinajstić information content (AvgIpc) is 2.50. The van der Waals surface area contributed by atoms with Crippen LogP contribution in [-0.4, -0.2) is 66.2 Å². The van der Waals surface area contributed by atoms with Crippen molar-refractivity contribution in [3.05, 3.63) is 0 Å². The van der Waals surface area contributed by atoms with E-state index in [-0.39, 0.29) is 18.0 Å². The molecule has 0 aliphatic carbocycles. The number of amides is 2. The van der Waals surface area contributed by atoms with Crippen molar-refractivity contribution in [2.75, 3.05) is 32.7 Å². The van der Waals surface area contributed by atoms with E-state index in [0.717, 1.165) is 19.5 Å². The summed E-state index contributed by atoms with van der Waals surface area (Å²) in [5.74, 6) is 1.66. The van der Waals surface area contributed by atoms with E-state index >= 15 is 0 Å². The van der Waals surface area contributed by atoms with E-state index in [9.17, 15) is 9.59 Å². The second-order valence-corrected chi connectivity index (χ2v) is 9.42. The Balaban J connectivity index is 1.77. The summed E-state index contributed by atoms with van der Waals surface area (Å²) in [6.45, 7) is 15.7. The molecule has 2 rings (SSSR count). The van der Waals surface area contributed by atoms with Gasteiger partial charge in [0.1, 0.15) is 5.60 Å². The van der Waals surface area contributed by atoms with Crippen LogP contribution in [-0.2, 0) is 9.53 Å². The van der Waals surface area contributed by atoms with Gasteiger partial charge in [-0.2, -0.15) is 0 Å². The van der Waals surface area contributed by atoms with Crippen molar-refractivity contribution in [3.63, 3.8) is 0 Å². The molecule has 0 aromatic rings. The highest BCUT2D eigenvalue weighted by Gasteiger charge is 2.32. The Labute approximate surface area is 158 Å². The first-order chi connectivity index (χ1) is 12.0. The molecule has 150 valence electrons. The zero-order chi connectivity index (χ0) is 19.5. The molecular weight excluding hydrogens is 330 g/mol. The van der Waals surface area contributed by atoms with Crippen LogP contribution >= 0.6 is 0 Å². The number of piperidine rings is 2. The highest BCUT2D eigenvalue weighted by atomic mass is 16.6. The summed E-state index contributed by atoms with van der Waals surface area (Å²) in [5, 5.41) is 3.44. The van der Waals surface area contributed by atoms with Gasteiger partial charge in [-0.05, 0) is 51.4 Å². The van der Waals surface area contributed by atoms with Crippen molar-refractivity contribution >= 4 is 12.0 Å². The van der Waals surface area contributed by atoms with Crippen LogP contribution in [0.15, 0.2) is 0 Å². The molecule has 0 unspecified atom stereocenters. The summed E-state index contributed by atoms with van der Waals surface area (Å²) in [6, 6.07) is 0.261. The Morgan fingerprint density at radius 2 is 1.65 bits per heavy atom. The molecule has 0 aromatic heterocycles. The minimum atomic E-state index is -0.468. The summed E-state index contributed by atoms with van der Waals surface area (Å²) in [7, 11) is 0. The van der Waals surface area contributed by atoms with E-state index in [1.807, 2.05) is 25.7 Å². The number of nitrogens with zero attached hydrogens (tertiary/aromatic N) is 2. The lowest BCUT2D eigenvalue weighted by Crippen LogP contribution is -2.53. The quantitative estimate of drug-likeness (QED) is 0.833. The molecule has 0 bridgehead atoms. The molecule has 2 saturated heterocycles. The summed E-state index contributed by atoms with van der Waals surface area (Å²) in [6.07, 6.45) is 1.81. The number of rotatable bonds is 3. The predicted octanol–water partition coefficient (Wildman–Crippen LogP) is 2.73. The number of ether oxygens (including phenoxy) is 1. The first-order valence-electron chi connectivity index (χ1n) is 10.0. The summed E-state index contributed by atoms with van der Waals surface area (Å²) >= 11 is 0. The second-order valence-electron chi connectivity index (χ2n) is 9.42. The highest BCUT2D eigenvalue weighted by molar-refractivity contribution is 5.78. The van der Waals surface area contributed by atoms with Gasteiger partial charge in [-0.25, -0.2) is 4.79 Å². The van der Waals surface area contributed by atoms with Crippen molar-refractivity contribution in [2.24, 2.45) is 17.8 Å². The molecule has 1 N–H and O–H groups in total. The first kappa shape index (κ1) is 21.0. The molecule has 0 aromatic carbocycles. The van der Waals surface area contributed by atoms with Gasteiger partial charge in [0.15, 0.2) is 0 Å². The zero-order valence-electron chi connectivity index (χ0n) is 17.4. The number of hydrogen-bond donors (Lipinski definition) is 1. The molecule has 0 saturated carbocycles. The number of likely N-dealkylation sites (tertiary alicyclic amines) is 2. The van der Waals surface area contributed by atoms with Crippen molar-refractivity contribution in [1.82, 2.24) is 15.1 Å². The highest BCUT2D eigenvalue weighted by Crippen LogP contribution is 2.22. The van der Waals surface area contributed by atoms with Gasteiger partial charge in [-0.15, -0.1) is 0 Å². The van der Waals surface area contributed by atoms with Crippen LogP contribution in [0.2, 0.25) is 0 Å². The van der Waals surface area contributed by atoms with Crippen LogP contribution in [0.3, 0.4) is 0 Å². The normalized spacial score (nSPS) is 30.2. The van der Waals surface area contributed by atoms with Crippen LogP contribution in [0.25, 0.3) is 0 Å².